The van der Waals surface area contributed by atoms with Crippen LogP contribution in [0.25, 0.3) is 26.3 Å². The van der Waals surface area contributed by atoms with E-state index in [2.05, 4.69) is 45.0 Å². The predicted octanol–water partition coefficient (Wildman–Crippen LogP) is 2.02. The number of carbonyl (C=O) groups is 3. The number of piperazine rings is 1. The highest BCUT2D eigenvalue weighted by atomic mass is 35.5. The Morgan fingerprint density at radius 3 is 2.54 bits per heavy atom. The second-order valence-electron chi connectivity index (χ2n) is 14.5. The number of aliphatic carboxylic acids is 1. The maximum Gasteiger partial charge on any atom is 0.322 e. The molecule has 0 saturated carbocycles. The molecule has 3 N–H and O–H groups in total. The number of ether oxygens (including phenoxy) is 1. The summed E-state index contributed by atoms with van der Waals surface area (Å²) in [6, 6.07) is 19.3. The third-order valence-electron chi connectivity index (χ3n) is 10.7. The summed E-state index contributed by atoms with van der Waals surface area (Å²) in [4.78, 5) is 51.3. The standard InChI is InChI=1S/C42H41ClN8O5S2.ClH/c1-24-25(2)58-42-38(24)39(28-9-11-30(43)12-10-28)46-33(40-48-47-26(3)51(40)42)21-36(53)50-15-13-49(14-16-50)17-18-56-34-6-4-5-27-7-8-29(19-32(27)34)41-45-31(23-57-41)20-35(52)44-22-37(54)55;/h4-12,19,23,33H,13-18,20-22H2,1-3H3,(H,44,52)(H,54,55);1H/t33-;/m0./s1. The quantitative estimate of drug-likeness (QED) is 0.169. The minimum absolute atomic E-state index is 0. The SMILES string of the molecule is Cc1sc2c(c1C)C(c1ccc(Cl)cc1)=N[C@@H](CC(=O)N1CC[NH+](CCOc3cccc4ccc(-c5nc(CC(=O)NCC(=O)O)cs5)cc34)CC1)c1nnc(C)n1-2.[Cl-]. The number of carboxylic acids is 1. The molecule has 1 atom stereocenters. The fourth-order valence-electron chi connectivity index (χ4n) is 7.48. The van der Waals surface area contributed by atoms with E-state index in [1.165, 1.54) is 21.1 Å². The average molecular weight is 874 g/mol. The zero-order valence-electron chi connectivity index (χ0n) is 32.6. The normalized spacial score (nSPS) is 15.2. The molecule has 17 heteroatoms. The summed E-state index contributed by atoms with van der Waals surface area (Å²) in [6.07, 6.45) is 0.200. The Morgan fingerprint density at radius 2 is 1.78 bits per heavy atom. The molecule has 59 heavy (non-hydrogen) atoms. The van der Waals surface area contributed by atoms with Crippen molar-refractivity contribution < 1.29 is 41.5 Å². The van der Waals surface area contributed by atoms with E-state index in [1.54, 1.807) is 11.3 Å². The van der Waals surface area contributed by atoms with Crippen LogP contribution in [0.4, 0.5) is 0 Å². The third-order valence-corrected chi connectivity index (χ3v) is 13.1. The van der Waals surface area contributed by atoms with E-state index in [4.69, 9.17) is 26.4 Å². The molecule has 3 aromatic carbocycles. The summed E-state index contributed by atoms with van der Waals surface area (Å²) in [5.74, 6) is 0.785. The summed E-state index contributed by atoms with van der Waals surface area (Å²) in [5.41, 5.74) is 5.46. The number of thiophene rings is 1. The second kappa shape index (κ2) is 18.0. The molecule has 0 radical (unpaired) electrons. The number of aliphatic imine (C=N–C) groups is 1. The van der Waals surface area contributed by atoms with Crippen molar-refractivity contribution in [2.24, 2.45) is 4.99 Å². The first-order valence-corrected chi connectivity index (χ1v) is 21.2. The van der Waals surface area contributed by atoms with Crippen LogP contribution >= 0.6 is 34.3 Å². The Labute approximate surface area is 360 Å². The van der Waals surface area contributed by atoms with Crippen molar-refractivity contribution in [1.82, 2.24) is 30.0 Å². The second-order valence-corrected chi connectivity index (χ2v) is 17.0. The van der Waals surface area contributed by atoms with Crippen molar-refractivity contribution >= 4 is 68.5 Å². The summed E-state index contributed by atoms with van der Waals surface area (Å²) >= 11 is 9.40. The van der Waals surface area contributed by atoms with Gasteiger partial charge >= 0.3 is 5.97 Å². The number of benzene rings is 3. The summed E-state index contributed by atoms with van der Waals surface area (Å²) < 4.78 is 8.45. The lowest BCUT2D eigenvalue weighted by atomic mass is 9.99. The van der Waals surface area contributed by atoms with Crippen LogP contribution in [0.3, 0.4) is 0 Å². The molecule has 2 aliphatic heterocycles. The van der Waals surface area contributed by atoms with Crippen molar-refractivity contribution in [2.75, 3.05) is 45.9 Å². The van der Waals surface area contributed by atoms with E-state index in [-0.39, 0.29) is 37.1 Å². The predicted molar refractivity (Wildman–Crippen MR) is 225 cm³/mol. The lowest BCUT2D eigenvalue weighted by molar-refractivity contribution is -0.904. The third kappa shape index (κ3) is 9.04. The average Bonchev–Trinajstić information content (AvgIpc) is 3.90. The van der Waals surface area contributed by atoms with E-state index in [9.17, 15) is 14.4 Å². The van der Waals surface area contributed by atoms with E-state index < -0.39 is 18.6 Å². The van der Waals surface area contributed by atoms with E-state index in [0.717, 1.165) is 80.0 Å². The molecule has 0 aliphatic carbocycles. The monoisotopic (exact) mass is 872 g/mol. The first kappa shape index (κ1) is 42.0. The highest BCUT2D eigenvalue weighted by Crippen LogP contribution is 2.40. The molecule has 2 amide bonds. The molecule has 3 aromatic heterocycles. The Morgan fingerprint density at radius 1 is 1.02 bits per heavy atom. The highest BCUT2D eigenvalue weighted by Gasteiger charge is 2.34. The van der Waals surface area contributed by atoms with Crippen molar-refractivity contribution in [1.29, 1.82) is 0 Å². The summed E-state index contributed by atoms with van der Waals surface area (Å²) in [6.45, 7) is 9.96. The van der Waals surface area contributed by atoms with Gasteiger partial charge in [0.05, 0.1) is 50.4 Å². The molecule has 8 rings (SSSR count). The van der Waals surface area contributed by atoms with Crippen LogP contribution < -0.4 is 27.4 Å². The fourth-order valence-corrected chi connectivity index (χ4v) is 9.64. The van der Waals surface area contributed by atoms with Gasteiger partial charge in [-0.2, -0.15) is 0 Å². The number of fused-ring (bicyclic) bond motifs is 4. The van der Waals surface area contributed by atoms with Gasteiger partial charge in [-0.05, 0) is 56.0 Å². The molecule has 0 spiro atoms. The number of halogens is 2. The number of amides is 2. The Balaban J connectivity index is 0.00000528. The molecule has 6 aromatic rings. The molecule has 5 heterocycles. The molecule has 0 bridgehead atoms. The Kier molecular flexibility index (Phi) is 12.8. The number of nitrogens with zero attached hydrogens (tertiary/aromatic N) is 6. The van der Waals surface area contributed by atoms with Gasteiger partial charge in [0.15, 0.2) is 5.82 Å². The number of quaternary nitrogens is 1. The van der Waals surface area contributed by atoms with Crippen LogP contribution in [-0.4, -0.2) is 99.1 Å². The smallest absolute Gasteiger partial charge is 0.322 e. The van der Waals surface area contributed by atoms with Gasteiger partial charge in [-0.3, -0.25) is 23.9 Å². The van der Waals surface area contributed by atoms with Crippen molar-refractivity contribution in [3.8, 4) is 21.3 Å². The molecule has 2 aliphatic rings. The maximum absolute atomic E-state index is 14.0. The largest absolute Gasteiger partial charge is 1.00 e. The molecular weight excluding hydrogens is 832 g/mol. The van der Waals surface area contributed by atoms with E-state index in [0.29, 0.717) is 36.2 Å². The van der Waals surface area contributed by atoms with E-state index >= 15 is 0 Å². The fraction of sp³-hybridized carbons (Fsp3) is 0.310. The van der Waals surface area contributed by atoms with Crippen LogP contribution in [0.2, 0.25) is 5.02 Å². The molecule has 1 saturated heterocycles. The highest BCUT2D eigenvalue weighted by molar-refractivity contribution is 7.15. The minimum atomic E-state index is -1.09. The van der Waals surface area contributed by atoms with Crippen LogP contribution in [0.15, 0.2) is 71.0 Å². The first-order chi connectivity index (χ1) is 28.0. The van der Waals surface area contributed by atoms with Crippen molar-refractivity contribution in [3.05, 3.63) is 110 Å². The van der Waals surface area contributed by atoms with E-state index in [1.807, 2.05) is 71.8 Å². The van der Waals surface area contributed by atoms with Crippen molar-refractivity contribution in [3.63, 3.8) is 0 Å². The number of nitrogens with one attached hydrogen (secondary N) is 2. The van der Waals surface area contributed by atoms with Gasteiger partial charge in [0.1, 0.15) is 47.3 Å². The van der Waals surface area contributed by atoms with Crippen LogP contribution in [-0.2, 0) is 20.8 Å². The number of thiazole rings is 1. The van der Waals surface area contributed by atoms with Crippen LogP contribution in [0, 0.1) is 20.8 Å². The first-order valence-electron chi connectivity index (χ1n) is 19.1. The lowest BCUT2D eigenvalue weighted by Crippen LogP contribution is -3.15. The van der Waals surface area contributed by atoms with Gasteiger partial charge in [0.2, 0.25) is 11.8 Å². The number of rotatable bonds is 12. The number of aryl methyl sites for hydroxylation is 2. The number of carbonyl (C=O) groups excluding carboxylic acids is 2. The van der Waals surface area contributed by atoms with Gasteiger partial charge in [0.25, 0.3) is 0 Å². The number of aromatic nitrogens is 4. The lowest BCUT2D eigenvalue weighted by Gasteiger charge is -2.32. The minimum Gasteiger partial charge on any atom is -1.00 e. The topological polar surface area (TPSA) is 156 Å². The zero-order chi connectivity index (χ0) is 40.5. The molecule has 13 nitrogen and oxygen atoms in total. The number of hydrogen-bond donors (Lipinski definition) is 3. The molecular formula is C42H42Cl2N8O5S2. The molecule has 0 unspecified atom stereocenters. The zero-order valence-corrected chi connectivity index (χ0v) is 35.8. The maximum atomic E-state index is 14.0. The molecule has 306 valence electrons. The van der Waals surface area contributed by atoms with Crippen molar-refractivity contribution in [2.45, 2.75) is 39.7 Å². The van der Waals surface area contributed by atoms with Gasteiger partial charge in [0, 0.05) is 37.4 Å². The summed E-state index contributed by atoms with van der Waals surface area (Å²) in [5, 5.41) is 26.5. The van der Waals surface area contributed by atoms with Gasteiger partial charge in [-0.1, -0.05) is 48.0 Å². The summed E-state index contributed by atoms with van der Waals surface area (Å²) in [7, 11) is 0. The Hall–Kier alpha value is -5.19. The van der Waals surface area contributed by atoms with Gasteiger partial charge < -0.3 is 37.4 Å². The number of hydrogen-bond acceptors (Lipinski definition) is 10. The van der Waals surface area contributed by atoms with Crippen LogP contribution in [0.5, 0.6) is 5.75 Å². The van der Waals surface area contributed by atoms with Gasteiger partial charge in [-0.25, -0.2) is 4.98 Å². The Bertz CT molecular complexity index is 2560. The number of carboxylic acid groups (broad SMARTS) is 1. The van der Waals surface area contributed by atoms with Crippen LogP contribution in [0.1, 0.15) is 51.4 Å². The molecule has 1 fully saturated rings. The van der Waals surface area contributed by atoms with Gasteiger partial charge in [-0.15, -0.1) is 32.9 Å².